The molecule has 0 amide bonds. The molecule has 2 heterocycles. The minimum absolute atomic E-state index is 0.291. The third-order valence-electron chi connectivity index (χ3n) is 9.76. The molecule has 0 aliphatic rings. The number of rotatable bonds is 5. The molecule has 0 aliphatic carbocycles. The summed E-state index contributed by atoms with van der Waals surface area (Å²) in [5, 5.41) is 6.57. The number of hydrogen-bond acceptors (Lipinski definition) is 4. The van der Waals surface area contributed by atoms with Crippen LogP contribution in [0.4, 0.5) is 4.39 Å². The van der Waals surface area contributed by atoms with Crippen molar-refractivity contribution in [3.63, 3.8) is 0 Å². The topological polar surface area (TPSA) is 51.8 Å². The van der Waals surface area contributed by atoms with Gasteiger partial charge in [-0.25, -0.2) is 19.3 Å². The second kappa shape index (κ2) is 12.1. The highest BCUT2D eigenvalue weighted by atomic mass is 19.1. The van der Waals surface area contributed by atoms with Crippen molar-refractivity contribution in [2.75, 3.05) is 0 Å². The van der Waals surface area contributed by atoms with Gasteiger partial charge in [0.25, 0.3) is 0 Å². The first-order valence-electron chi connectivity index (χ1n) is 17.2. The molecule has 2 aromatic heterocycles. The number of benzene rings is 8. The largest absolute Gasteiger partial charge is 0.456 e. The lowest BCUT2D eigenvalue weighted by Gasteiger charge is -2.11. The quantitative estimate of drug-likeness (QED) is 0.183. The molecule has 0 N–H and O–H groups in total. The molecule has 52 heavy (non-hydrogen) atoms. The number of furan rings is 1. The molecular weight excluding hydrogens is 642 g/mol. The maximum Gasteiger partial charge on any atom is 0.164 e. The van der Waals surface area contributed by atoms with Gasteiger partial charge in [0.1, 0.15) is 17.0 Å². The summed E-state index contributed by atoms with van der Waals surface area (Å²) in [6, 6.07) is 56.3. The zero-order valence-corrected chi connectivity index (χ0v) is 27.8. The van der Waals surface area contributed by atoms with E-state index in [1.807, 2.05) is 48.5 Å². The van der Waals surface area contributed by atoms with Crippen LogP contribution < -0.4 is 0 Å². The fourth-order valence-corrected chi connectivity index (χ4v) is 7.20. The first-order chi connectivity index (χ1) is 25.6. The maximum absolute atomic E-state index is 14.2. The van der Waals surface area contributed by atoms with Crippen molar-refractivity contribution >= 4 is 43.5 Å². The normalized spacial score (nSPS) is 11.6. The second-order valence-electron chi connectivity index (χ2n) is 13.0. The first-order valence-corrected chi connectivity index (χ1v) is 17.2. The van der Waals surface area contributed by atoms with E-state index in [1.54, 1.807) is 12.1 Å². The van der Waals surface area contributed by atoms with Gasteiger partial charge in [-0.15, -0.1) is 0 Å². The summed E-state index contributed by atoms with van der Waals surface area (Å²) in [6.07, 6.45) is 0. The van der Waals surface area contributed by atoms with Crippen molar-refractivity contribution < 1.29 is 8.81 Å². The van der Waals surface area contributed by atoms with Crippen LogP contribution in [0.2, 0.25) is 0 Å². The van der Waals surface area contributed by atoms with Gasteiger partial charge < -0.3 is 4.42 Å². The van der Waals surface area contributed by atoms with Crippen molar-refractivity contribution in [3.05, 3.63) is 176 Å². The van der Waals surface area contributed by atoms with E-state index in [2.05, 4.69) is 97.1 Å². The van der Waals surface area contributed by atoms with Gasteiger partial charge in [0.05, 0.1) is 0 Å². The van der Waals surface area contributed by atoms with Gasteiger partial charge in [0, 0.05) is 27.5 Å². The Balaban J connectivity index is 1.17. The Morgan fingerprint density at radius 3 is 1.67 bits per heavy atom. The van der Waals surface area contributed by atoms with Crippen LogP contribution in [-0.4, -0.2) is 15.0 Å². The highest BCUT2D eigenvalue weighted by Gasteiger charge is 2.19. The SMILES string of the molecule is Fc1ccc(-c2cc(-c3nc(-c4ccccc4)nc(-c4ccc(-c5cccc6ccccc56)cc4)n3)cc3oc4cc5ccccc5cc4c23)cc1. The molecule has 4 nitrogen and oxygen atoms in total. The minimum atomic E-state index is -0.291. The molecule has 0 bridgehead atoms. The lowest BCUT2D eigenvalue weighted by Crippen LogP contribution is -2.00. The highest BCUT2D eigenvalue weighted by Crippen LogP contribution is 2.41. The predicted octanol–water partition coefficient (Wildman–Crippen LogP) is 12.6. The molecule has 0 radical (unpaired) electrons. The zero-order valence-electron chi connectivity index (χ0n) is 27.8. The summed E-state index contributed by atoms with van der Waals surface area (Å²) in [4.78, 5) is 15.1. The van der Waals surface area contributed by atoms with E-state index >= 15 is 0 Å². The molecule has 0 saturated heterocycles. The van der Waals surface area contributed by atoms with Crippen molar-refractivity contribution in [1.82, 2.24) is 15.0 Å². The Labute approximate surface area is 298 Å². The van der Waals surface area contributed by atoms with E-state index in [0.29, 0.717) is 23.1 Å². The number of halogens is 1. The average Bonchev–Trinajstić information content (AvgIpc) is 3.57. The highest BCUT2D eigenvalue weighted by molar-refractivity contribution is 6.16. The van der Waals surface area contributed by atoms with E-state index in [4.69, 9.17) is 19.4 Å². The van der Waals surface area contributed by atoms with Gasteiger partial charge in [-0.1, -0.05) is 133 Å². The van der Waals surface area contributed by atoms with Crippen LogP contribution in [0.15, 0.2) is 174 Å². The van der Waals surface area contributed by atoms with E-state index in [1.165, 1.54) is 28.5 Å². The van der Waals surface area contributed by atoms with Gasteiger partial charge in [0.2, 0.25) is 0 Å². The van der Waals surface area contributed by atoms with Crippen molar-refractivity contribution in [3.8, 4) is 56.4 Å². The molecule has 0 unspecified atom stereocenters. The molecule has 5 heteroatoms. The van der Waals surface area contributed by atoms with Crippen LogP contribution in [0.1, 0.15) is 0 Å². The Morgan fingerprint density at radius 1 is 0.365 bits per heavy atom. The van der Waals surface area contributed by atoms with Crippen molar-refractivity contribution in [2.45, 2.75) is 0 Å². The second-order valence-corrected chi connectivity index (χ2v) is 13.0. The minimum Gasteiger partial charge on any atom is -0.456 e. The van der Waals surface area contributed by atoms with Gasteiger partial charge in [-0.3, -0.25) is 0 Å². The molecule has 0 atom stereocenters. The molecule has 244 valence electrons. The summed E-state index contributed by atoms with van der Waals surface area (Å²) >= 11 is 0. The van der Waals surface area contributed by atoms with Crippen LogP contribution in [0, 0.1) is 5.82 Å². The molecule has 0 fully saturated rings. The molecule has 10 aromatic rings. The lowest BCUT2D eigenvalue weighted by molar-refractivity contribution is 0.628. The number of fused-ring (bicyclic) bond motifs is 5. The summed E-state index contributed by atoms with van der Waals surface area (Å²) in [5.74, 6) is 1.35. The van der Waals surface area contributed by atoms with Gasteiger partial charge in [-0.2, -0.15) is 0 Å². The molecular formula is C47H28FN3O. The smallest absolute Gasteiger partial charge is 0.164 e. The Kier molecular flexibility index (Phi) is 6.96. The van der Waals surface area contributed by atoms with Gasteiger partial charge in [0.15, 0.2) is 17.5 Å². The maximum atomic E-state index is 14.2. The molecule has 0 spiro atoms. The molecule has 10 rings (SSSR count). The Morgan fingerprint density at radius 2 is 0.923 bits per heavy atom. The van der Waals surface area contributed by atoms with Crippen LogP contribution in [-0.2, 0) is 0 Å². The summed E-state index contributed by atoms with van der Waals surface area (Å²) in [6.45, 7) is 0. The predicted molar refractivity (Wildman–Crippen MR) is 209 cm³/mol. The van der Waals surface area contributed by atoms with Gasteiger partial charge >= 0.3 is 0 Å². The average molecular weight is 670 g/mol. The van der Waals surface area contributed by atoms with Gasteiger partial charge in [-0.05, 0) is 80.2 Å². The van der Waals surface area contributed by atoms with Crippen molar-refractivity contribution in [1.29, 1.82) is 0 Å². The van der Waals surface area contributed by atoms with Crippen LogP contribution >= 0.6 is 0 Å². The first kappa shape index (κ1) is 29.9. The van der Waals surface area contributed by atoms with E-state index in [0.717, 1.165) is 60.5 Å². The Hall–Kier alpha value is -6.98. The third-order valence-corrected chi connectivity index (χ3v) is 9.76. The lowest BCUT2D eigenvalue weighted by atomic mass is 9.96. The Bertz CT molecular complexity index is 2950. The van der Waals surface area contributed by atoms with E-state index in [9.17, 15) is 4.39 Å². The summed E-state index contributed by atoms with van der Waals surface area (Å²) in [7, 11) is 0. The third kappa shape index (κ3) is 5.19. The fourth-order valence-electron chi connectivity index (χ4n) is 7.20. The number of aromatic nitrogens is 3. The number of nitrogens with zero attached hydrogens (tertiary/aromatic N) is 3. The zero-order chi connectivity index (χ0) is 34.6. The van der Waals surface area contributed by atoms with Crippen LogP contribution in [0.25, 0.3) is 99.9 Å². The summed E-state index contributed by atoms with van der Waals surface area (Å²) in [5.41, 5.74) is 8.07. The molecule has 8 aromatic carbocycles. The molecule has 0 saturated carbocycles. The molecule has 0 aliphatic heterocycles. The fraction of sp³-hybridized carbons (Fsp3) is 0. The number of hydrogen-bond donors (Lipinski definition) is 0. The standard InChI is InChI=1S/C47H28FN3O/c48-37-23-21-31(22-24-37)40-26-36(28-43-44(40)41-25-34-12-4-5-13-35(34)27-42(41)52-43)47-50-45(32-10-2-1-3-11-32)49-46(51-47)33-19-17-30(18-20-33)39-16-8-14-29-9-6-7-15-38(29)39/h1-28H. The monoisotopic (exact) mass is 669 g/mol. The van der Waals surface area contributed by atoms with Crippen LogP contribution in [0.3, 0.4) is 0 Å². The van der Waals surface area contributed by atoms with E-state index < -0.39 is 0 Å². The summed E-state index contributed by atoms with van der Waals surface area (Å²) < 4.78 is 20.8. The van der Waals surface area contributed by atoms with Crippen molar-refractivity contribution in [2.24, 2.45) is 0 Å². The van der Waals surface area contributed by atoms with E-state index in [-0.39, 0.29) is 5.82 Å². The van der Waals surface area contributed by atoms with Crippen LogP contribution in [0.5, 0.6) is 0 Å².